The number of sulfonamides is 1. The number of thiophene rings is 1. The smallest absolute Gasteiger partial charge is 0.336 e. The van der Waals surface area contributed by atoms with Gasteiger partial charge in [-0.15, -0.1) is 17.9 Å². The first-order chi connectivity index (χ1) is 8.43. The second-order valence-electron chi connectivity index (χ2n) is 3.33. The fourth-order valence-corrected chi connectivity index (χ4v) is 3.96. The van der Waals surface area contributed by atoms with E-state index in [0.29, 0.717) is 0 Å². The molecule has 18 heavy (non-hydrogen) atoms. The predicted molar refractivity (Wildman–Crippen MR) is 67.3 cm³/mol. The topological polar surface area (TPSA) is 94.9 Å². The Morgan fingerprint density at radius 3 is 2.67 bits per heavy atom. The number of carboxylic acids is 1. The van der Waals surface area contributed by atoms with Gasteiger partial charge in [-0.1, -0.05) is 6.08 Å². The average molecular weight is 291 g/mol. The number of aliphatic hydroxyl groups excluding tert-OH is 1. The fourth-order valence-electron chi connectivity index (χ4n) is 1.26. The molecule has 0 aliphatic rings. The Hall–Kier alpha value is -1.22. The molecule has 100 valence electrons. The molecule has 0 spiro atoms. The Balaban J connectivity index is 3.09. The summed E-state index contributed by atoms with van der Waals surface area (Å²) in [6, 6.07) is 1.11. The second-order valence-corrected chi connectivity index (χ2v) is 6.41. The summed E-state index contributed by atoms with van der Waals surface area (Å²) in [6.07, 6.45) is 1.40. The van der Waals surface area contributed by atoms with Crippen molar-refractivity contribution in [2.45, 2.75) is 4.21 Å². The van der Waals surface area contributed by atoms with Gasteiger partial charge in [-0.2, -0.15) is 4.31 Å². The van der Waals surface area contributed by atoms with Gasteiger partial charge in [0, 0.05) is 18.5 Å². The summed E-state index contributed by atoms with van der Waals surface area (Å²) in [5.74, 6) is -1.18. The minimum Gasteiger partial charge on any atom is -0.478 e. The van der Waals surface area contributed by atoms with Crippen molar-refractivity contribution >= 4 is 27.3 Å². The van der Waals surface area contributed by atoms with Gasteiger partial charge in [0.05, 0.1) is 12.2 Å². The number of hydrogen-bond donors (Lipinski definition) is 2. The van der Waals surface area contributed by atoms with Gasteiger partial charge in [0.15, 0.2) is 0 Å². The Morgan fingerprint density at radius 1 is 1.56 bits per heavy atom. The zero-order valence-electron chi connectivity index (χ0n) is 9.44. The molecule has 0 saturated heterocycles. The lowest BCUT2D eigenvalue weighted by molar-refractivity contribution is 0.0697. The largest absolute Gasteiger partial charge is 0.478 e. The molecule has 1 rings (SSSR count). The van der Waals surface area contributed by atoms with Gasteiger partial charge in [0.1, 0.15) is 4.21 Å². The van der Waals surface area contributed by atoms with Gasteiger partial charge in [-0.3, -0.25) is 0 Å². The molecule has 0 saturated carbocycles. The van der Waals surface area contributed by atoms with Crippen LogP contribution >= 0.6 is 11.3 Å². The van der Waals surface area contributed by atoms with Gasteiger partial charge in [0.25, 0.3) is 10.0 Å². The van der Waals surface area contributed by atoms with E-state index < -0.39 is 16.0 Å². The van der Waals surface area contributed by atoms with E-state index in [1.165, 1.54) is 11.5 Å². The van der Waals surface area contributed by atoms with Gasteiger partial charge in [-0.05, 0) is 6.07 Å². The van der Waals surface area contributed by atoms with Crippen molar-refractivity contribution in [2.24, 2.45) is 0 Å². The molecule has 8 heteroatoms. The number of hydrogen-bond acceptors (Lipinski definition) is 5. The first kappa shape index (κ1) is 14.8. The first-order valence-electron chi connectivity index (χ1n) is 4.97. The lowest BCUT2D eigenvalue weighted by atomic mass is 10.4. The van der Waals surface area contributed by atoms with E-state index in [0.717, 1.165) is 21.7 Å². The summed E-state index contributed by atoms with van der Waals surface area (Å²) >= 11 is 0.838. The molecule has 1 aromatic rings. The SMILES string of the molecule is C=CCN(CCO)S(=O)(=O)c1cc(C(=O)O)cs1. The minimum atomic E-state index is -3.78. The highest BCUT2D eigenvalue weighted by atomic mass is 32.2. The number of aromatic carboxylic acids is 1. The van der Waals surface area contributed by atoms with E-state index in [9.17, 15) is 13.2 Å². The third kappa shape index (κ3) is 3.16. The van der Waals surface area contributed by atoms with E-state index >= 15 is 0 Å². The summed E-state index contributed by atoms with van der Waals surface area (Å²) in [4.78, 5) is 10.7. The summed E-state index contributed by atoms with van der Waals surface area (Å²) in [5.41, 5.74) is -0.0684. The average Bonchev–Trinajstić information content (AvgIpc) is 2.78. The zero-order valence-corrected chi connectivity index (χ0v) is 11.1. The molecular weight excluding hydrogens is 278 g/mol. The van der Waals surface area contributed by atoms with Crippen LogP contribution in [0.5, 0.6) is 0 Å². The molecule has 0 aromatic carbocycles. The van der Waals surface area contributed by atoms with Crippen molar-refractivity contribution in [3.8, 4) is 0 Å². The highest BCUT2D eigenvalue weighted by Gasteiger charge is 2.25. The maximum Gasteiger partial charge on any atom is 0.336 e. The molecule has 1 heterocycles. The Labute approximate surface area is 109 Å². The van der Waals surface area contributed by atoms with Crippen LogP contribution < -0.4 is 0 Å². The van der Waals surface area contributed by atoms with E-state index in [4.69, 9.17) is 10.2 Å². The van der Waals surface area contributed by atoms with Crippen LogP contribution in [0.3, 0.4) is 0 Å². The van der Waals surface area contributed by atoms with Crippen LogP contribution in [-0.2, 0) is 10.0 Å². The first-order valence-corrected chi connectivity index (χ1v) is 7.29. The second kappa shape index (κ2) is 6.10. The standard InChI is InChI=1S/C10H13NO5S2/c1-2-3-11(4-5-12)18(15,16)9-6-8(7-17-9)10(13)14/h2,6-7,12H,1,3-5H2,(H,13,14). The summed E-state index contributed by atoms with van der Waals surface area (Å²) in [7, 11) is -3.78. The van der Waals surface area contributed by atoms with Gasteiger partial charge in [0.2, 0.25) is 0 Å². The molecule has 6 nitrogen and oxygen atoms in total. The molecule has 0 bridgehead atoms. The van der Waals surface area contributed by atoms with Gasteiger partial charge >= 0.3 is 5.97 Å². The number of carbonyl (C=O) groups is 1. The van der Waals surface area contributed by atoms with E-state index in [2.05, 4.69) is 6.58 Å². The molecule has 1 aromatic heterocycles. The third-order valence-corrected chi connectivity index (χ3v) is 5.38. The Kier molecular flexibility index (Phi) is 5.03. The molecule has 0 fully saturated rings. The van der Waals surface area contributed by atoms with Crippen molar-refractivity contribution in [3.05, 3.63) is 29.7 Å². The molecule has 0 unspecified atom stereocenters. The van der Waals surface area contributed by atoms with E-state index in [1.807, 2.05) is 0 Å². The molecular formula is C10H13NO5S2. The highest BCUT2D eigenvalue weighted by molar-refractivity contribution is 7.91. The number of aliphatic hydroxyl groups is 1. The van der Waals surface area contributed by atoms with Crippen LogP contribution in [0, 0.1) is 0 Å². The van der Waals surface area contributed by atoms with Crippen molar-refractivity contribution in [1.29, 1.82) is 0 Å². The quantitative estimate of drug-likeness (QED) is 0.718. The normalized spacial score (nSPS) is 11.7. The number of rotatable bonds is 7. The fraction of sp³-hybridized carbons (Fsp3) is 0.300. The monoisotopic (exact) mass is 291 g/mol. The zero-order chi connectivity index (χ0) is 13.8. The summed E-state index contributed by atoms with van der Waals surface area (Å²) in [6.45, 7) is 3.13. The molecule has 0 radical (unpaired) electrons. The Morgan fingerprint density at radius 2 is 2.22 bits per heavy atom. The van der Waals surface area contributed by atoms with Crippen molar-refractivity contribution in [2.75, 3.05) is 19.7 Å². The van der Waals surface area contributed by atoms with Crippen molar-refractivity contribution in [3.63, 3.8) is 0 Å². The van der Waals surface area contributed by atoms with Crippen LogP contribution in [0.25, 0.3) is 0 Å². The lowest BCUT2D eigenvalue weighted by Gasteiger charge is -2.18. The maximum atomic E-state index is 12.1. The van der Waals surface area contributed by atoms with Crippen molar-refractivity contribution in [1.82, 2.24) is 4.31 Å². The number of nitrogens with zero attached hydrogens (tertiary/aromatic N) is 1. The minimum absolute atomic E-state index is 0.0587. The number of carboxylic acid groups (broad SMARTS) is 1. The van der Waals surface area contributed by atoms with Crippen LogP contribution in [0.2, 0.25) is 0 Å². The highest BCUT2D eigenvalue weighted by Crippen LogP contribution is 2.23. The molecule has 0 atom stereocenters. The third-order valence-electron chi connectivity index (χ3n) is 2.10. The molecule has 0 aliphatic heterocycles. The van der Waals surface area contributed by atoms with Crippen LogP contribution in [0.1, 0.15) is 10.4 Å². The van der Waals surface area contributed by atoms with Crippen LogP contribution in [-0.4, -0.2) is 48.6 Å². The maximum absolute atomic E-state index is 12.1. The molecule has 2 N–H and O–H groups in total. The van der Waals surface area contributed by atoms with Crippen LogP contribution in [0.15, 0.2) is 28.3 Å². The van der Waals surface area contributed by atoms with Gasteiger partial charge in [-0.25, -0.2) is 13.2 Å². The molecule has 0 amide bonds. The van der Waals surface area contributed by atoms with E-state index in [-0.39, 0.29) is 29.5 Å². The summed E-state index contributed by atoms with van der Waals surface area (Å²) < 4.78 is 25.2. The van der Waals surface area contributed by atoms with Crippen LogP contribution in [0.4, 0.5) is 0 Å². The molecule has 0 aliphatic carbocycles. The van der Waals surface area contributed by atoms with Crippen molar-refractivity contribution < 1.29 is 23.4 Å². The predicted octanol–water partition coefficient (Wildman–Crippen LogP) is 0.615. The Bertz CT molecular complexity index is 534. The van der Waals surface area contributed by atoms with Gasteiger partial charge < -0.3 is 10.2 Å². The summed E-state index contributed by atoms with van der Waals surface area (Å²) in [5, 5.41) is 18.9. The van der Waals surface area contributed by atoms with E-state index in [1.54, 1.807) is 0 Å². The lowest BCUT2D eigenvalue weighted by Crippen LogP contribution is -2.33.